The average molecular weight is 999 g/mol. The summed E-state index contributed by atoms with van der Waals surface area (Å²) in [4.78, 5) is 42.3. The number of alkyl halides is 9. The molecule has 8 nitrogen and oxygen atoms in total. The van der Waals surface area contributed by atoms with Crippen molar-refractivity contribution in [2.24, 2.45) is 0 Å². The molecule has 0 aliphatic heterocycles. The van der Waals surface area contributed by atoms with Crippen molar-refractivity contribution in [1.82, 2.24) is 9.97 Å². The number of fused-ring (bicyclic) bond motifs is 3. The molecule has 6 rings (SSSR count). The van der Waals surface area contributed by atoms with Crippen LogP contribution in [0.15, 0.2) is 137 Å². The monoisotopic (exact) mass is 999 g/mol. The Labute approximate surface area is 368 Å². The third kappa shape index (κ3) is 15.9. The van der Waals surface area contributed by atoms with Gasteiger partial charge in [0.15, 0.2) is 17.3 Å². The van der Waals surface area contributed by atoms with Gasteiger partial charge in [-0.3, -0.25) is 24.4 Å². The molecule has 1 aromatic carbocycles. The van der Waals surface area contributed by atoms with Crippen LogP contribution >= 0.6 is 34.0 Å². The molecule has 0 amide bonds. The molecule has 5 heterocycles. The molecule has 1 radical (unpaired) electrons. The standard InChI is InChI=1S/C12H8N2.3C8H5F3O2S.Eu/c1-3-9-5-6-10-4-2-8-14-12(10)11(9)13-7-1;3*9-8(10,11)7(13)4-5(12)6-2-1-3-14-6;/h1-8H;3*1-4,13H;/b;3*7-4+;. The summed E-state index contributed by atoms with van der Waals surface area (Å²) >= 11 is 3.03. The van der Waals surface area contributed by atoms with Crippen LogP contribution in [0.25, 0.3) is 21.8 Å². The number of pyridine rings is 2. The number of hydrogen-bond donors (Lipinski definition) is 3. The molecule has 0 saturated carbocycles. The number of hydrogen-bond acceptors (Lipinski definition) is 11. The molecule has 0 spiro atoms. The van der Waals surface area contributed by atoms with Crippen molar-refractivity contribution in [2.75, 3.05) is 0 Å². The predicted octanol–water partition coefficient (Wildman–Crippen LogP) is 11.6. The van der Waals surface area contributed by atoms with Gasteiger partial charge in [0.05, 0.1) is 25.7 Å². The van der Waals surface area contributed by atoms with Crippen LogP contribution in [-0.2, 0) is 0 Å². The first-order valence-corrected chi connectivity index (χ1v) is 17.6. The normalized spacial score (nSPS) is 12.2. The maximum Gasteiger partial charge on any atom is 0.448 e. The summed E-state index contributed by atoms with van der Waals surface area (Å²) in [7, 11) is 0. The van der Waals surface area contributed by atoms with Gasteiger partial charge in [-0.05, 0) is 46.5 Å². The number of benzene rings is 1. The molecule has 3 N–H and O–H groups in total. The summed E-state index contributed by atoms with van der Waals surface area (Å²) in [6.45, 7) is 0. The zero-order valence-corrected chi connectivity index (χ0v) is 32.9. The first-order chi connectivity index (χ1) is 26.2. The maximum atomic E-state index is 11.8. The number of carbonyl (C=O) groups is 3. The van der Waals surface area contributed by atoms with Gasteiger partial charge in [-0.2, -0.15) is 39.5 Å². The molecule has 21 heteroatoms. The molecule has 301 valence electrons. The zero-order chi connectivity index (χ0) is 41.7. The van der Waals surface area contributed by atoms with Gasteiger partial charge in [-0.15, -0.1) is 34.0 Å². The maximum absolute atomic E-state index is 11.8. The van der Waals surface area contributed by atoms with E-state index in [9.17, 15) is 53.9 Å². The van der Waals surface area contributed by atoms with Crippen molar-refractivity contribution in [3.63, 3.8) is 0 Å². The van der Waals surface area contributed by atoms with E-state index in [1.165, 1.54) is 36.4 Å². The number of aliphatic hydroxyl groups is 3. The number of aliphatic hydroxyl groups excluding tert-OH is 3. The molecule has 0 saturated heterocycles. The van der Waals surface area contributed by atoms with Gasteiger partial charge in [0.1, 0.15) is 0 Å². The van der Waals surface area contributed by atoms with Crippen molar-refractivity contribution in [1.29, 1.82) is 0 Å². The van der Waals surface area contributed by atoms with Crippen molar-refractivity contribution in [3.05, 3.63) is 151 Å². The first kappa shape index (κ1) is 48.9. The van der Waals surface area contributed by atoms with Gasteiger partial charge in [0.2, 0.25) is 17.3 Å². The van der Waals surface area contributed by atoms with Gasteiger partial charge < -0.3 is 15.3 Å². The Bertz CT molecular complexity index is 2090. The van der Waals surface area contributed by atoms with E-state index >= 15 is 0 Å². The topological polar surface area (TPSA) is 138 Å². The van der Waals surface area contributed by atoms with Crippen molar-refractivity contribution < 1.29 is 119 Å². The summed E-state index contributed by atoms with van der Waals surface area (Å²) in [5.41, 5.74) is 1.95. The second-order valence-corrected chi connectivity index (χ2v) is 13.2. The van der Waals surface area contributed by atoms with Crippen LogP contribution in [0.5, 0.6) is 0 Å². The van der Waals surface area contributed by atoms with Crippen LogP contribution in [0.4, 0.5) is 39.5 Å². The Morgan fingerprint density at radius 2 is 0.754 bits per heavy atom. The molecule has 57 heavy (non-hydrogen) atoms. The third-order valence-electron chi connectivity index (χ3n) is 6.31. The number of nitrogens with zero attached hydrogens (tertiary/aromatic N) is 2. The van der Waals surface area contributed by atoms with Crippen LogP contribution in [0.2, 0.25) is 0 Å². The summed E-state index contributed by atoms with van der Waals surface area (Å²) < 4.78 is 106. The summed E-state index contributed by atoms with van der Waals surface area (Å²) in [6, 6.07) is 20.9. The number of ketones is 3. The molecule has 6 aromatic rings. The Morgan fingerprint density at radius 3 is 0.982 bits per heavy atom. The molecule has 0 fully saturated rings. The number of rotatable bonds is 6. The Morgan fingerprint density at radius 1 is 0.474 bits per heavy atom. The largest absolute Gasteiger partial charge is 0.504 e. The number of allylic oxidation sites excluding steroid dienone is 6. The fourth-order valence-electron chi connectivity index (χ4n) is 3.77. The van der Waals surface area contributed by atoms with E-state index < -0.39 is 53.2 Å². The predicted molar refractivity (Wildman–Crippen MR) is 193 cm³/mol. The van der Waals surface area contributed by atoms with Gasteiger partial charge in [-0.1, -0.05) is 42.5 Å². The fourth-order valence-corrected chi connectivity index (χ4v) is 5.68. The van der Waals surface area contributed by atoms with E-state index in [4.69, 9.17) is 15.3 Å². The van der Waals surface area contributed by atoms with Gasteiger partial charge in [0, 0.05) is 90.8 Å². The Balaban J connectivity index is 0.000000261. The Hall–Kier alpha value is -4.28. The van der Waals surface area contributed by atoms with E-state index in [1.54, 1.807) is 28.5 Å². The van der Waals surface area contributed by atoms with Crippen molar-refractivity contribution >= 4 is 73.2 Å². The minimum atomic E-state index is -4.87. The van der Waals surface area contributed by atoms with Gasteiger partial charge in [0.25, 0.3) is 0 Å². The molecular formula is C36H23EuF9N2O6S3. The molecular weight excluding hydrogens is 976 g/mol. The van der Waals surface area contributed by atoms with E-state index in [-0.39, 0.29) is 82.2 Å². The number of aromatic nitrogens is 2. The quantitative estimate of drug-likeness (QED) is 0.0493. The van der Waals surface area contributed by atoms with Crippen LogP contribution in [-0.4, -0.2) is 61.2 Å². The fraction of sp³-hybridized carbons (Fsp3) is 0.0833. The van der Waals surface area contributed by atoms with Crippen LogP contribution in [0, 0.1) is 49.4 Å². The zero-order valence-electron chi connectivity index (χ0n) is 28.0. The number of carbonyl (C=O) groups excluding carboxylic acids is 3. The first-order valence-electron chi connectivity index (χ1n) is 14.9. The molecule has 0 aliphatic rings. The van der Waals surface area contributed by atoms with Crippen molar-refractivity contribution in [3.8, 4) is 0 Å². The minimum Gasteiger partial charge on any atom is -0.504 e. The van der Waals surface area contributed by atoms with E-state index in [0.717, 1.165) is 55.8 Å². The SMILES string of the molecule is O=C(/C=C(/O)C(F)(F)F)c1cccs1.O=C(/C=C(/O)C(F)(F)F)c1cccs1.O=C(/C=C(/O)C(F)(F)F)c1cccs1.[Eu].c1cnc2c(c1)ccc1cccnc12. The minimum absolute atomic E-state index is 0. The molecule has 0 bridgehead atoms. The van der Waals surface area contributed by atoms with E-state index in [0.29, 0.717) is 0 Å². The van der Waals surface area contributed by atoms with Gasteiger partial charge in [-0.25, -0.2) is 0 Å². The second kappa shape index (κ2) is 22.0. The second-order valence-electron chi connectivity index (χ2n) is 10.3. The molecule has 0 aliphatic carbocycles. The van der Waals surface area contributed by atoms with Gasteiger partial charge >= 0.3 is 18.5 Å². The van der Waals surface area contributed by atoms with Crippen LogP contribution in [0.3, 0.4) is 0 Å². The summed E-state index contributed by atoms with van der Waals surface area (Å²) in [5.74, 6) is -8.19. The molecule has 5 aromatic heterocycles. The Kier molecular flexibility index (Phi) is 18.9. The number of halogens is 9. The molecule has 0 atom stereocenters. The average Bonchev–Trinajstić information content (AvgIpc) is 3.96. The van der Waals surface area contributed by atoms with Crippen LogP contribution < -0.4 is 0 Å². The van der Waals surface area contributed by atoms with E-state index in [1.807, 2.05) is 12.1 Å². The van der Waals surface area contributed by atoms with Crippen molar-refractivity contribution in [2.45, 2.75) is 18.5 Å². The van der Waals surface area contributed by atoms with Crippen LogP contribution in [0.1, 0.15) is 29.0 Å². The van der Waals surface area contributed by atoms with E-state index in [2.05, 4.69) is 34.2 Å². The third-order valence-corrected chi connectivity index (χ3v) is 8.96. The number of thiophene rings is 3. The molecule has 0 unspecified atom stereocenters. The summed E-state index contributed by atoms with van der Waals surface area (Å²) in [5, 5.41) is 32.4. The summed E-state index contributed by atoms with van der Waals surface area (Å²) in [6.07, 6.45) is -10.5. The smallest absolute Gasteiger partial charge is 0.448 e.